The molecular weight excluding hydrogens is 545 g/mol. The molecule has 0 unspecified atom stereocenters. The van der Waals surface area contributed by atoms with Gasteiger partial charge in [0.05, 0.1) is 23.8 Å². The van der Waals surface area contributed by atoms with Crippen LogP contribution in [-0.4, -0.2) is 41.1 Å². The van der Waals surface area contributed by atoms with E-state index in [1.807, 2.05) is 54.9 Å². The lowest BCUT2D eigenvalue weighted by molar-refractivity contribution is -0.117. The highest BCUT2D eigenvalue weighted by Crippen LogP contribution is 2.28. The third-order valence-corrected chi connectivity index (χ3v) is 7.83. The van der Waals surface area contributed by atoms with E-state index < -0.39 is 6.04 Å². The molecule has 0 fully saturated rings. The Morgan fingerprint density at radius 2 is 1.72 bits per heavy atom. The molecule has 3 N–H and O–H groups in total. The number of aryl methyl sites for hydroxylation is 1. The Hall–Kier alpha value is -5.02. The summed E-state index contributed by atoms with van der Waals surface area (Å²) in [4.78, 5) is 39.2. The molecule has 0 radical (unpaired) electrons. The first-order chi connectivity index (χ1) is 20.6. The maximum atomic E-state index is 14.0. The van der Waals surface area contributed by atoms with Gasteiger partial charge in [0.15, 0.2) is 0 Å². The number of fused-ring (bicyclic) bond motifs is 1. The number of aromatic nitrogens is 2. The van der Waals surface area contributed by atoms with Gasteiger partial charge < -0.3 is 25.1 Å². The predicted molar refractivity (Wildman–Crippen MR) is 168 cm³/mol. The first kappa shape index (κ1) is 29.5. The van der Waals surface area contributed by atoms with Crippen LogP contribution in [0.3, 0.4) is 0 Å². The lowest BCUT2D eigenvalue weighted by Crippen LogP contribution is -2.37. The summed E-state index contributed by atoms with van der Waals surface area (Å²) >= 11 is 0. The maximum Gasteiger partial charge on any atom is 0.275 e. The first-order valence-electron chi connectivity index (χ1n) is 14.0. The summed E-state index contributed by atoms with van der Waals surface area (Å²) < 4.78 is 17.6. The topological polar surface area (TPSA) is 97.2 Å². The lowest BCUT2D eigenvalue weighted by Gasteiger charge is -2.19. The third-order valence-electron chi connectivity index (χ3n) is 7.83. The van der Waals surface area contributed by atoms with Gasteiger partial charge in [0, 0.05) is 35.4 Å². The highest BCUT2D eigenvalue weighted by molar-refractivity contribution is 5.97. The molecule has 9 heteroatoms. The number of rotatable bonds is 8. The number of halogens is 1. The Bertz CT molecular complexity index is 1920. The summed E-state index contributed by atoms with van der Waals surface area (Å²) in [7, 11) is 3.25. The van der Waals surface area contributed by atoms with Crippen LogP contribution in [0.1, 0.15) is 34.0 Å². The fourth-order valence-corrected chi connectivity index (χ4v) is 5.30. The van der Waals surface area contributed by atoms with Crippen molar-refractivity contribution in [1.82, 2.24) is 19.8 Å². The van der Waals surface area contributed by atoms with Crippen molar-refractivity contribution >= 4 is 28.4 Å². The quantitative estimate of drug-likeness (QED) is 0.236. The van der Waals surface area contributed by atoms with Crippen LogP contribution in [-0.2, 0) is 11.3 Å². The van der Waals surface area contributed by atoms with Gasteiger partial charge >= 0.3 is 0 Å². The van der Waals surface area contributed by atoms with Gasteiger partial charge in [0.1, 0.15) is 11.5 Å². The van der Waals surface area contributed by atoms with Gasteiger partial charge in [0.25, 0.3) is 11.5 Å². The zero-order valence-corrected chi connectivity index (χ0v) is 24.8. The molecule has 2 aromatic heterocycles. The van der Waals surface area contributed by atoms with Gasteiger partial charge in [-0.15, -0.1) is 0 Å². The number of pyridine rings is 1. The highest BCUT2D eigenvalue weighted by Gasteiger charge is 2.19. The van der Waals surface area contributed by atoms with E-state index >= 15 is 0 Å². The van der Waals surface area contributed by atoms with Gasteiger partial charge in [-0.25, -0.2) is 4.39 Å². The van der Waals surface area contributed by atoms with E-state index in [4.69, 9.17) is 0 Å². The largest absolute Gasteiger partial charge is 0.355 e. The molecule has 0 saturated heterocycles. The van der Waals surface area contributed by atoms with Crippen molar-refractivity contribution in [3.63, 3.8) is 0 Å². The van der Waals surface area contributed by atoms with Crippen molar-refractivity contribution in [3.8, 4) is 16.9 Å². The fourth-order valence-electron chi connectivity index (χ4n) is 5.30. The fraction of sp³-hybridized carbons (Fsp3) is 0.206. The Balaban J connectivity index is 1.63. The van der Waals surface area contributed by atoms with Gasteiger partial charge in [-0.3, -0.25) is 14.4 Å². The molecular formula is C34H34FN5O3. The predicted octanol–water partition coefficient (Wildman–Crippen LogP) is 5.17. The summed E-state index contributed by atoms with van der Waals surface area (Å²) in [5, 5.41) is 9.13. The summed E-state index contributed by atoms with van der Waals surface area (Å²) in [6.07, 6.45) is 1.97. The first-order valence-corrected chi connectivity index (χ1v) is 14.0. The second-order valence-electron chi connectivity index (χ2n) is 10.6. The van der Waals surface area contributed by atoms with E-state index in [1.165, 1.54) is 12.1 Å². The standard InChI is InChI=1S/C34H34FN5O3/c1-20-18-39(31-14-12-24(35)17-28(20)31)25-9-6-8-23(16-25)19-40-30(26-10-7-11-27(21(26)2)33(42)37-5)15-13-29(34(40)43)38-32(41)22(3)36-4/h6-18,22,36H,19H2,1-5H3,(H,37,42)(H,38,41)/t22-/m0/s1. The molecule has 0 spiro atoms. The molecule has 0 saturated carbocycles. The molecule has 220 valence electrons. The average Bonchev–Trinajstić information content (AvgIpc) is 3.34. The van der Waals surface area contributed by atoms with Crippen molar-refractivity contribution in [1.29, 1.82) is 0 Å². The number of nitrogens with zero attached hydrogens (tertiary/aromatic N) is 2. The van der Waals surface area contributed by atoms with Crippen LogP contribution in [0.5, 0.6) is 0 Å². The Kier molecular flexibility index (Phi) is 8.27. The van der Waals surface area contributed by atoms with Crippen LogP contribution in [0.4, 0.5) is 10.1 Å². The van der Waals surface area contributed by atoms with Gasteiger partial charge in [-0.05, 0) is 93.0 Å². The monoisotopic (exact) mass is 579 g/mol. The molecule has 5 rings (SSSR count). The number of hydrogen-bond donors (Lipinski definition) is 3. The summed E-state index contributed by atoms with van der Waals surface area (Å²) in [6.45, 7) is 5.70. The average molecular weight is 580 g/mol. The van der Waals surface area contributed by atoms with Crippen molar-refractivity contribution < 1.29 is 14.0 Å². The smallest absolute Gasteiger partial charge is 0.275 e. The minimum atomic E-state index is -0.496. The van der Waals surface area contributed by atoms with E-state index in [0.29, 0.717) is 11.3 Å². The van der Waals surface area contributed by atoms with Crippen LogP contribution < -0.4 is 21.5 Å². The number of benzene rings is 3. The Morgan fingerprint density at radius 3 is 2.47 bits per heavy atom. The molecule has 3 aromatic carbocycles. The number of anilines is 1. The van der Waals surface area contributed by atoms with E-state index in [1.54, 1.807) is 55.9 Å². The second-order valence-corrected chi connectivity index (χ2v) is 10.6. The summed E-state index contributed by atoms with van der Waals surface area (Å²) in [6, 6.07) is 20.8. The second kappa shape index (κ2) is 12.1. The minimum Gasteiger partial charge on any atom is -0.355 e. The molecule has 0 aliphatic carbocycles. The number of hydrogen-bond acceptors (Lipinski definition) is 4. The minimum absolute atomic E-state index is 0.154. The van der Waals surface area contributed by atoms with Gasteiger partial charge in [-0.2, -0.15) is 0 Å². The van der Waals surface area contributed by atoms with Crippen molar-refractivity contribution in [2.75, 3.05) is 19.4 Å². The van der Waals surface area contributed by atoms with Crippen LogP contribution in [0.2, 0.25) is 0 Å². The molecule has 0 bridgehead atoms. The Morgan fingerprint density at radius 1 is 0.953 bits per heavy atom. The molecule has 8 nitrogen and oxygen atoms in total. The van der Waals surface area contributed by atoms with Crippen LogP contribution >= 0.6 is 0 Å². The molecule has 2 heterocycles. The number of likely N-dealkylation sites (N-methyl/N-ethyl adjacent to an activating group) is 1. The van der Waals surface area contributed by atoms with Crippen LogP contribution in [0.25, 0.3) is 27.8 Å². The number of carbonyl (C=O) groups is 2. The van der Waals surface area contributed by atoms with Crippen LogP contribution in [0.15, 0.2) is 83.8 Å². The van der Waals surface area contributed by atoms with E-state index in [0.717, 1.165) is 38.8 Å². The van der Waals surface area contributed by atoms with E-state index in [9.17, 15) is 18.8 Å². The third kappa shape index (κ3) is 5.72. The zero-order chi connectivity index (χ0) is 30.8. The van der Waals surface area contributed by atoms with Crippen LogP contribution in [0, 0.1) is 19.7 Å². The molecule has 43 heavy (non-hydrogen) atoms. The molecule has 0 aliphatic heterocycles. The summed E-state index contributed by atoms with van der Waals surface area (Å²) in [5.41, 5.74) is 5.88. The normalized spacial score (nSPS) is 11.9. The Labute approximate surface area is 249 Å². The zero-order valence-electron chi connectivity index (χ0n) is 24.8. The van der Waals surface area contributed by atoms with Crippen molar-refractivity contribution in [3.05, 3.63) is 117 Å². The highest BCUT2D eigenvalue weighted by atomic mass is 19.1. The summed E-state index contributed by atoms with van der Waals surface area (Å²) in [5.74, 6) is -0.842. The van der Waals surface area contributed by atoms with E-state index in [-0.39, 0.29) is 35.4 Å². The number of nitrogens with one attached hydrogen (secondary N) is 3. The SMILES string of the molecule is CNC(=O)c1cccc(-c2ccc(NC(=O)[C@H](C)NC)c(=O)n2Cc2cccc(-n3cc(C)c4cc(F)ccc43)c2)c1C. The molecule has 2 amide bonds. The van der Waals surface area contributed by atoms with Crippen molar-refractivity contribution in [2.45, 2.75) is 33.4 Å². The van der Waals surface area contributed by atoms with Gasteiger partial charge in [-0.1, -0.05) is 24.3 Å². The molecule has 5 aromatic rings. The molecule has 0 aliphatic rings. The van der Waals surface area contributed by atoms with Gasteiger partial charge in [0.2, 0.25) is 5.91 Å². The van der Waals surface area contributed by atoms with Crippen molar-refractivity contribution in [2.24, 2.45) is 0 Å². The maximum absolute atomic E-state index is 14.0. The van der Waals surface area contributed by atoms with E-state index in [2.05, 4.69) is 16.0 Å². The lowest BCUT2D eigenvalue weighted by atomic mass is 9.98. The number of carbonyl (C=O) groups excluding carboxylic acids is 2. The number of amides is 2. The molecule has 1 atom stereocenters.